The molecule has 0 saturated carbocycles. The van der Waals surface area contributed by atoms with Gasteiger partial charge >= 0.3 is 5.97 Å². The van der Waals surface area contributed by atoms with Crippen LogP contribution in [0.5, 0.6) is 0 Å². The van der Waals surface area contributed by atoms with Crippen LogP contribution in [0.25, 0.3) is 10.8 Å². The molecule has 0 fully saturated rings. The summed E-state index contributed by atoms with van der Waals surface area (Å²) in [6.45, 7) is 14.9. The number of halogens is 1. The van der Waals surface area contributed by atoms with Crippen molar-refractivity contribution in [2.45, 2.75) is 34.2 Å². The van der Waals surface area contributed by atoms with Gasteiger partial charge in [-0.3, -0.25) is 4.90 Å². The Morgan fingerprint density at radius 3 is 2.16 bits per heavy atom. The Balaban J connectivity index is 0.000000552. The van der Waals surface area contributed by atoms with E-state index in [2.05, 4.69) is 72.5 Å². The van der Waals surface area contributed by atoms with Gasteiger partial charge in [0.2, 0.25) is 0 Å². The summed E-state index contributed by atoms with van der Waals surface area (Å²) in [5, 5.41) is 2.73. The van der Waals surface area contributed by atoms with E-state index >= 15 is 0 Å². The van der Waals surface area contributed by atoms with Crippen molar-refractivity contribution in [3.63, 3.8) is 0 Å². The fourth-order valence-electron chi connectivity index (χ4n) is 2.37. The van der Waals surface area contributed by atoms with Gasteiger partial charge in [-0.15, -0.1) is 17.0 Å². The number of rotatable bonds is 6. The molecule has 0 saturated heterocycles. The second-order valence-electron chi connectivity index (χ2n) is 5.60. The predicted octanol–water partition coefficient (Wildman–Crippen LogP) is 5.39. The highest BCUT2D eigenvalue weighted by atomic mass is 79.9. The molecule has 3 nitrogen and oxygen atoms in total. The van der Waals surface area contributed by atoms with E-state index in [1.807, 2.05) is 0 Å². The Morgan fingerprint density at radius 2 is 1.64 bits per heavy atom. The molecule has 0 N–H and O–H groups in total. The van der Waals surface area contributed by atoms with Gasteiger partial charge in [-0.25, -0.2) is 4.79 Å². The third-order valence-electron chi connectivity index (χ3n) is 3.79. The lowest BCUT2D eigenvalue weighted by Gasteiger charge is -2.19. The van der Waals surface area contributed by atoms with E-state index < -0.39 is 0 Å². The number of nitrogens with zero attached hydrogens (tertiary/aromatic N) is 1. The molecule has 25 heavy (non-hydrogen) atoms. The van der Waals surface area contributed by atoms with E-state index in [-0.39, 0.29) is 23.0 Å². The number of esters is 1. The first kappa shape index (κ1) is 23.4. The molecule has 0 heterocycles. The van der Waals surface area contributed by atoms with E-state index in [4.69, 9.17) is 0 Å². The van der Waals surface area contributed by atoms with Gasteiger partial charge in [0.15, 0.2) is 0 Å². The molecule has 0 amide bonds. The predicted molar refractivity (Wildman–Crippen MR) is 112 cm³/mol. The molecule has 2 aromatic rings. The second kappa shape index (κ2) is 12.7. The van der Waals surface area contributed by atoms with E-state index in [1.54, 1.807) is 13.8 Å². The topological polar surface area (TPSA) is 29.5 Å². The highest BCUT2D eigenvalue weighted by Gasteiger charge is 2.04. The van der Waals surface area contributed by atoms with Crippen molar-refractivity contribution in [3.05, 3.63) is 60.2 Å². The van der Waals surface area contributed by atoms with Crippen LogP contribution >= 0.6 is 17.0 Å². The van der Waals surface area contributed by atoms with Crippen molar-refractivity contribution in [3.8, 4) is 0 Å². The summed E-state index contributed by atoms with van der Waals surface area (Å²) in [7, 11) is 0. The summed E-state index contributed by atoms with van der Waals surface area (Å²) in [5.41, 5.74) is 1.88. The monoisotopic (exact) mass is 407 g/mol. The van der Waals surface area contributed by atoms with Gasteiger partial charge in [0.05, 0.1) is 6.61 Å². The minimum Gasteiger partial charge on any atom is -0.463 e. The van der Waals surface area contributed by atoms with Crippen LogP contribution in [0.4, 0.5) is 0 Å². The summed E-state index contributed by atoms with van der Waals surface area (Å²) in [4.78, 5) is 12.9. The first-order valence-electron chi connectivity index (χ1n) is 8.55. The standard InChI is InChI=1S/C15H19N.C6H10O2.BrH/c1-3-16(4-2)12-14-10-7-9-13-8-5-6-11-15(13)14;1-4-8-6(7)5(2)3;/h5-11H,3-4,12H2,1-2H3;2,4H2,1,3H3;1H. The molecule has 2 rings (SSSR count). The third-order valence-corrected chi connectivity index (χ3v) is 3.79. The second-order valence-corrected chi connectivity index (χ2v) is 5.60. The minimum absolute atomic E-state index is 0. The molecule has 0 atom stereocenters. The zero-order chi connectivity index (χ0) is 17.9. The first-order valence-corrected chi connectivity index (χ1v) is 8.55. The Bertz CT molecular complexity index is 660. The number of hydrogen-bond donors (Lipinski definition) is 0. The molecule has 0 unspecified atom stereocenters. The molecule has 0 aliphatic carbocycles. The number of fused-ring (bicyclic) bond motifs is 1. The van der Waals surface area contributed by atoms with Crippen molar-refractivity contribution < 1.29 is 9.53 Å². The van der Waals surface area contributed by atoms with Gasteiger partial charge in [0.1, 0.15) is 0 Å². The average molecular weight is 408 g/mol. The molecule has 0 aromatic heterocycles. The first-order chi connectivity index (χ1) is 11.5. The zero-order valence-electron chi connectivity index (χ0n) is 15.7. The largest absolute Gasteiger partial charge is 0.463 e. The van der Waals surface area contributed by atoms with Crippen LogP contribution in [-0.4, -0.2) is 30.6 Å². The van der Waals surface area contributed by atoms with Gasteiger partial charge in [-0.2, -0.15) is 0 Å². The molecule has 0 aliphatic heterocycles. The van der Waals surface area contributed by atoms with Crippen LogP contribution in [0.2, 0.25) is 0 Å². The molecule has 4 heteroatoms. The lowest BCUT2D eigenvalue weighted by molar-refractivity contribution is -0.138. The number of ether oxygens (including phenoxy) is 1. The number of benzene rings is 2. The summed E-state index contributed by atoms with van der Waals surface area (Å²) in [6.07, 6.45) is 0. The normalized spacial score (nSPS) is 9.80. The van der Waals surface area contributed by atoms with E-state index in [0.29, 0.717) is 12.2 Å². The van der Waals surface area contributed by atoms with Gasteiger partial charge in [0.25, 0.3) is 0 Å². The number of carbonyl (C=O) groups excluding carboxylic acids is 1. The van der Waals surface area contributed by atoms with E-state index in [1.165, 1.54) is 16.3 Å². The lowest BCUT2D eigenvalue weighted by atomic mass is 10.0. The summed E-state index contributed by atoms with van der Waals surface area (Å²) in [5.74, 6) is -0.312. The van der Waals surface area contributed by atoms with Crippen molar-refractivity contribution >= 4 is 33.7 Å². The van der Waals surface area contributed by atoms with E-state index in [9.17, 15) is 4.79 Å². The fraction of sp³-hybridized carbons (Fsp3) is 0.381. The van der Waals surface area contributed by atoms with Crippen LogP contribution in [0.3, 0.4) is 0 Å². The molecule has 0 aliphatic rings. The molecular formula is C21H30BrNO2. The maximum Gasteiger partial charge on any atom is 0.333 e. The molecule has 2 aromatic carbocycles. The Hall–Kier alpha value is -1.65. The van der Waals surface area contributed by atoms with Gasteiger partial charge in [-0.1, -0.05) is 62.9 Å². The minimum atomic E-state index is -0.312. The highest BCUT2D eigenvalue weighted by Crippen LogP contribution is 2.19. The Morgan fingerprint density at radius 1 is 1.04 bits per heavy atom. The van der Waals surface area contributed by atoms with Crippen LogP contribution in [0, 0.1) is 0 Å². The zero-order valence-corrected chi connectivity index (χ0v) is 17.5. The molecule has 0 radical (unpaired) electrons. The van der Waals surface area contributed by atoms with Gasteiger partial charge in [-0.05, 0) is 43.3 Å². The number of hydrogen-bond acceptors (Lipinski definition) is 3. The SMILES string of the molecule is Br.C=C(C)C(=O)OCC.CCN(CC)Cc1cccc2ccccc12. The number of carbonyl (C=O) groups is 1. The Kier molecular flexibility index (Phi) is 11.8. The maximum atomic E-state index is 10.4. The lowest BCUT2D eigenvalue weighted by Crippen LogP contribution is -2.22. The average Bonchev–Trinajstić information content (AvgIpc) is 2.60. The summed E-state index contributed by atoms with van der Waals surface area (Å²) >= 11 is 0. The maximum absolute atomic E-state index is 10.4. The van der Waals surface area contributed by atoms with Crippen molar-refractivity contribution in [2.24, 2.45) is 0 Å². The fourth-order valence-corrected chi connectivity index (χ4v) is 2.37. The van der Waals surface area contributed by atoms with Crippen LogP contribution in [0.1, 0.15) is 33.3 Å². The molecule has 0 bridgehead atoms. The summed E-state index contributed by atoms with van der Waals surface area (Å²) in [6, 6.07) is 15.2. The smallest absolute Gasteiger partial charge is 0.333 e. The highest BCUT2D eigenvalue weighted by molar-refractivity contribution is 8.93. The molecule has 138 valence electrons. The third kappa shape index (κ3) is 7.84. The van der Waals surface area contributed by atoms with Crippen LogP contribution in [-0.2, 0) is 16.1 Å². The molecule has 0 spiro atoms. The van der Waals surface area contributed by atoms with Gasteiger partial charge in [0, 0.05) is 12.1 Å². The van der Waals surface area contributed by atoms with Gasteiger partial charge < -0.3 is 4.74 Å². The quantitative estimate of drug-likeness (QED) is 0.475. The van der Waals surface area contributed by atoms with E-state index in [0.717, 1.165) is 19.6 Å². The Labute approximate surface area is 162 Å². The van der Waals surface area contributed by atoms with Crippen molar-refractivity contribution in [1.29, 1.82) is 0 Å². The van der Waals surface area contributed by atoms with Crippen molar-refractivity contribution in [2.75, 3.05) is 19.7 Å². The van der Waals surface area contributed by atoms with Crippen LogP contribution in [0.15, 0.2) is 54.6 Å². The van der Waals surface area contributed by atoms with Crippen LogP contribution < -0.4 is 0 Å². The molecular weight excluding hydrogens is 378 g/mol. The van der Waals surface area contributed by atoms with Crippen molar-refractivity contribution in [1.82, 2.24) is 4.90 Å². The summed E-state index contributed by atoms with van der Waals surface area (Å²) < 4.78 is 4.56.